The number of aryl methyl sites for hydroxylation is 3. The predicted octanol–water partition coefficient (Wildman–Crippen LogP) is 11.5. The first-order valence-electron chi connectivity index (χ1n) is 18.1. The van der Waals surface area contributed by atoms with E-state index in [1.807, 2.05) is 0 Å². The number of rotatable bonds is 9. The molecule has 0 amide bonds. The maximum absolute atomic E-state index is 6.85. The minimum Gasteiger partial charge on any atom is -0.457 e. The van der Waals surface area contributed by atoms with Crippen LogP contribution in [0.4, 0.5) is 11.4 Å². The van der Waals surface area contributed by atoms with Crippen LogP contribution in [-0.2, 0) is 10.8 Å². The molecule has 48 heavy (non-hydrogen) atoms. The van der Waals surface area contributed by atoms with Gasteiger partial charge < -0.3 is 9.64 Å². The lowest BCUT2D eigenvalue weighted by atomic mass is 9.80. The largest absolute Gasteiger partial charge is 0.457 e. The number of anilines is 1. The van der Waals surface area contributed by atoms with Gasteiger partial charge in [0.1, 0.15) is 18.6 Å². The molecule has 0 spiro atoms. The summed E-state index contributed by atoms with van der Waals surface area (Å²) >= 11 is 0. The summed E-state index contributed by atoms with van der Waals surface area (Å²) in [6.45, 7) is 19.3. The van der Waals surface area contributed by atoms with E-state index in [0.717, 1.165) is 37.3 Å². The van der Waals surface area contributed by atoms with Crippen molar-refractivity contribution in [3.05, 3.63) is 135 Å². The predicted molar refractivity (Wildman–Crippen MR) is 204 cm³/mol. The molecule has 3 nitrogen and oxygen atoms in total. The van der Waals surface area contributed by atoms with Crippen LogP contribution in [0.25, 0.3) is 0 Å². The average molecular weight is 640 g/mol. The fraction of sp³-hybridized carbons (Fsp3) is 0.400. The van der Waals surface area contributed by atoms with Crippen molar-refractivity contribution in [2.45, 2.75) is 105 Å². The smallest absolute Gasteiger partial charge is 0.209 e. The molecule has 6 rings (SSSR count). The lowest BCUT2D eigenvalue weighted by Gasteiger charge is -2.27. The molecule has 3 aliphatic rings. The van der Waals surface area contributed by atoms with E-state index >= 15 is 0 Å². The van der Waals surface area contributed by atoms with E-state index in [9.17, 15) is 0 Å². The van der Waals surface area contributed by atoms with Gasteiger partial charge in [0.05, 0.1) is 5.41 Å². The van der Waals surface area contributed by atoms with E-state index in [1.54, 1.807) is 0 Å². The fourth-order valence-corrected chi connectivity index (χ4v) is 7.94. The van der Waals surface area contributed by atoms with Gasteiger partial charge in [-0.2, -0.15) is 4.58 Å². The molecule has 0 radical (unpaired) electrons. The number of unbranched alkanes of at least 4 members (excludes halogenated alkanes) is 2. The summed E-state index contributed by atoms with van der Waals surface area (Å²) in [5, 5.41) is 0. The third-order valence-corrected chi connectivity index (χ3v) is 10.8. The molecular weight excluding hydrogens is 585 g/mol. The molecule has 3 aromatic carbocycles. The Labute approximate surface area is 290 Å². The molecule has 1 aliphatic carbocycles. The Morgan fingerprint density at radius 2 is 1.46 bits per heavy atom. The van der Waals surface area contributed by atoms with Gasteiger partial charge in [0.15, 0.2) is 5.71 Å². The summed E-state index contributed by atoms with van der Waals surface area (Å²) in [6, 6.07) is 22.3. The van der Waals surface area contributed by atoms with Crippen molar-refractivity contribution in [2.75, 3.05) is 18.5 Å². The van der Waals surface area contributed by atoms with Crippen LogP contribution in [0.2, 0.25) is 0 Å². The summed E-state index contributed by atoms with van der Waals surface area (Å²) in [5.41, 5.74) is 14.4. The van der Waals surface area contributed by atoms with Gasteiger partial charge in [-0.25, -0.2) is 0 Å². The molecule has 2 aliphatic heterocycles. The van der Waals surface area contributed by atoms with Crippen molar-refractivity contribution < 1.29 is 9.31 Å². The highest BCUT2D eigenvalue weighted by Crippen LogP contribution is 2.48. The molecule has 3 aromatic rings. The SMILES string of the molecule is CCCCCN1/C(=C/C=C2\CCCC(/C=C/C3=[N+](C)c4ccc(C)cc4C3(C)C)=C2Oc2ccc(C)cc2)C(C)(C)c2cc(C)ccc21. The number of allylic oxidation sites excluding steroid dienone is 7. The van der Waals surface area contributed by atoms with Crippen LogP contribution in [0.5, 0.6) is 5.75 Å². The van der Waals surface area contributed by atoms with Gasteiger partial charge >= 0.3 is 0 Å². The first-order chi connectivity index (χ1) is 22.9. The van der Waals surface area contributed by atoms with E-state index in [-0.39, 0.29) is 10.8 Å². The Balaban J connectivity index is 1.42. The third kappa shape index (κ3) is 6.37. The van der Waals surface area contributed by atoms with Crippen LogP contribution < -0.4 is 9.64 Å². The summed E-state index contributed by atoms with van der Waals surface area (Å²) in [4.78, 5) is 2.59. The summed E-state index contributed by atoms with van der Waals surface area (Å²) in [6.07, 6.45) is 16.2. The second kappa shape index (κ2) is 13.4. The lowest BCUT2D eigenvalue weighted by molar-refractivity contribution is -0.401. The number of nitrogens with zero attached hydrogens (tertiary/aromatic N) is 2. The van der Waals surface area contributed by atoms with Crippen LogP contribution in [-0.4, -0.2) is 23.9 Å². The highest BCUT2D eigenvalue weighted by Gasteiger charge is 2.43. The standard InChI is InChI=1S/C45H55N2O/c1-10-11-12-28-47-40-25-19-33(4)30-38(40)45(7,8)42(47)27-21-35-15-13-14-34(43(35)48-36-22-16-31(2)17-23-36)20-26-41-44(5,6)37-29-32(3)18-24-39(37)46(41)9/h16-27,29-30H,10-15,28H2,1-9H3/q+1. The normalized spacial score (nSPS) is 20.0. The zero-order valence-corrected chi connectivity index (χ0v) is 30.8. The van der Waals surface area contributed by atoms with Gasteiger partial charge in [0, 0.05) is 41.1 Å². The molecule has 0 bridgehead atoms. The zero-order chi connectivity index (χ0) is 34.2. The van der Waals surface area contributed by atoms with E-state index in [4.69, 9.17) is 4.74 Å². The Kier molecular flexibility index (Phi) is 9.44. The Morgan fingerprint density at radius 1 is 0.771 bits per heavy atom. The first-order valence-corrected chi connectivity index (χ1v) is 18.1. The summed E-state index contributed by atoms with van der Waals surface area (Å²) in [5.74, 6) is 1.90. The van der Waals surface area contributed by atoms with Gasteiger partial charge in [-0.05, 0) is 113 Å². The fourth-order valence-electron chi connectivity index (χ4n) is 7.94. The molecule has 3 heteroatoms. The quantitative estimate of drug-likeness (QED) is 0.171. The van der Waals surface area contributed by atoms with E-state index in [1.165, 1.54) is 81.0 Å². The zero-order valence-electron chi connectivity index (χ0n) is 30.8. The molecule has 0 atom stereocenters. The maximum Gasteiger partial charge on any atom is 0.209 e. The van der Waals surface area contributed by atoms with Gasteiger partial charge in [0.2, 0.25) is 5.69 Å². The minimum atomic E-state index is -0.0778. The second-order valence-corrected chi connectivity index (χ2v) is 15.3. The number of hydrogen-bond donors (Lipinski definition) is 0. The number of fused-ring (bicyclic) bond motifs is 2. The molecule has 0 unspecified atom stereocenters. The number of hydrogen-bond acceptors (Lipinski definition) is 2. The van der Waals surface area contributed by atoms with E-state index in [0.29, 0.717) is 0 Å². The summed E-state index contributed by atoms with van der Waals surface area (Å²) in [7, 11) is 2.20. The van der Waals surface area contributed by atoms with Crippen LogP contribution >= 0.6 is 0 Å². The highest BCUT2D eigenvalue weighted by atomic mass is 16.5. The lowest BCUT2D eigenvalue weighted by Crippen LogP contribution is -2.27. The molecule has 250 valence electrons. The minimum absolute atomic E-state index is 0.0770. The Morgan fingerprint density at radius 3 is 2.19 bits per heavy atom. The topological polar surface area (TPSA) is 15.5 Å². The molecule has 0 N–H and O–H groups in total. The van der Waals surface area contributed by atoms with Crippen LogP contribution in [0.1, 0.15) is 101 Å². The third-order valence-electron chi connectivity index (χ3n) is 10.8. The number of benzene rings is 3. The van der Waals surface area contributed by atoms with Crippen molar-refractivity contribution in [2.24, 2.45) is 0 Å². The van der Waals surface area contributed by atoms with Crippen LogP contribution in [0.3, 0.4) is 0 Å². The van der Waals surface area contributed by atoms with Crippen molar-refractivity contribution in [1.29, 1.82) is 0 Å². The van der Waals surface area contributed by atoms with Crippen molar-refractivity contribution in [3.63, 3.8) is 0 Å². The van der Waals surface area contributed by atoms with Gasteiger partial charge in [-0.15, -0.1) is 0 Å². The maximum atomic E-state index is 6.85. The Bertz CT molecular complexity index is 1860. The van der Waals surface area contributed by atoms with Crippen molar-refractivity contribution in [3.8, 4) is 5.75 Å². The molecule has 2 heterocycles. The van der Waals surface area contributed by atoms with E-state index in [2.05, 4.69) is 157 Å². The monoisotopic (exact) mass is 639 g/mol. The molecular formula is C45H55N2O+. The first kappa shape index (κ1) is 33.8. The summed E-state index contributed by atoms with van der Waals surface area (Å²) < 4.78 is 9.22. The van der Waals surface area contributed by atoms with Gasteiger partial charge in [-0.1, -0.05) is 86.7 Å². The second-order valence-electron chi connectivity index (χ2n) is 15.3. The molecule has 0 aromatic heterocycles. The average Bonchev–Trinajstić information content (AvgIpc) is 3.37. The van der Waals surface area contributed by atoms with E-state index < -0.39 is 0 Å². The van der Waals surface area contributed by atoms with Gasteiger partial charge in [0.25, 0.3) is 0 Å². The van der Waals surface area contributed by atoms with Gasteiger partial charge in [-0.3, -0.25) is 0 Å². The molecule has 0 saturated carbocycles. The van der Waals surface area contributed by atoms with Crippen molar-refractivity contribution in [1.82, 2.24) is 0 Å². The van der Waals surface area contributed by atoms with Crippen LogP contribution in [0.15, 0.2) is 108 Å². The Hall–Kier alpha value is -4.11. The molecule has 0 fully saturated rings. The molecule has 0 saturated heterocycles. The number of ether oxygens (including phenoxy) is 1. The van der Waals surface area contributed by atoms with Crippen LogP contribution in [0, 0.1) is 20.8 Å². The van der Waals surface area contributed by atoms with Crippen molar-refractivity contribution >= 4 is 17.1 Å². The highest BCUT2D eigenvalue weighted by molar-refractivity contribution is 6.03.